The van der Waals surface area contributed by atoms with Crippen LogP contribution in [0.3, 0.4) is 0 Å². The Morgan fingerprint density at radius 1 is 1.12 bits per heavy atom. The first-order chi connectivity index (χ1) is 12.5. The minimum atomic E-state index is -0.110. The summed E-state index contributed by atoms with van der Waals surface area (Å²) in [5.74, 6) is -0.142. The molecule has 0 aliphatic heterocycles. The van der Waals surface area contributed by atoms with Gasteiger partial charge in [-0.05, 0) is 37.2 Å². The highest BCUT2D eigenvalue weighted by Crippen LogP contribution is 2.07. The molecule has 8 heteroatoms. The third kappa shape index (κ3) is 5.80. The Bertz CT molecular complexity index is 888. The average Bonchev–Trinajstić information content (AvgIpc) is 2.60. The van der Waals surface area contributed by atoms with Crippen LogP contribution in [0.1, 0.15) is 32.6 Å². The summed E-state index contributed by atoms with van der Waals surface area (Å²) in [6.07, 6.45) is 2.77. The molecule has 0 saturated carbocycles. The molecule has 140 valence electrons. The number of unbranched alkanes of at least 4 members (excludes halogenated alkanes) is 2. The number of para-hydroxylation sites is 1. The molecule has 0 radical (unpaired) electrons. The van der Waals surface area contributed by atoms with Gasteiger partial charge in [-0.1, -0.05) is 18.6 Å². The van der Waals surface area contributed by atoms with Crippen molar-refractivity contribution in [1.82, 2.24) is 20.2 Å². The Hall–Kier alpha value is -2.48. The summed E-state index contributed by atoms with van der Waals surface area (Å²) in [5, 5.41) is 6.00. The van der Waals surface area contributed by atoms with E-state index < -0.39 is 0 Å². The van der Waals surface area contributed by atoms with E-state index in [4.69, 9.17) is 12.2 Å². The van der Waals surface area contributed by atoms with Crippen LogP contribution in [0.5, 0.6) is 0 Å². The lowest BCUT2D eigenvalue weighted by Gasteiger charge is -2.08. The molecule has 2 rings (SSSR count). The normalized spacial score (nSPS) is 10.7. The van der Waals surface area contributed by atoms with Crippen LogP contribution in [0.4, 0.5) is 0 Å². The first-order valence-electron chi connectivity index (χ1n) is 8.72. The van der Waals surface area contributed by atoms with Gasteiger partial charge in [0.15, 0.2) is 4.77 Å². The molecule has 0 bridgehead atoms. The number of carbonyl (C=O) groups excluding carboxylic acids is 2. The molecule has 7 nitrogen and oxygen atoms in total. The highest BCUT2D eigenvalue weighted by Gasteiger charge is 2.05. The Morgan fingerprint density at radius 2 is 1.85 bits per heavy atom. The van der Waals surface area contributed by atoms with Crippen LogP contribution in [0, 0.1) is 4.77 Å². The van der Waals surface area contributed by atoms with Gasteiger partial charge in [-0.15, -0.1) is 0 Å². The predicted octanol–water partition coefficient (Wildman–Crippen LogP) is 1.87. The number of aromatic nitrogens is 2. The van der Waals surface area contributed by atoms with Crippen LogP contribution in [0.25, 0.3) is 10.9 Å². The van der Waals surface area contributed by atoms with E-state index in [1.165, 1.54) is 6.92 Å². The fourth-order valence-corrected chi connectivity index (χ4v) is 2.95. The van der Waals surface area contributed by atoms with Gasteiger partial charge in [0.1, 0.15) is 0 Å². The third-order valence-electron chi connectivity index (χ3n) is 4.00. The van der Waals surface area contributed by atoms with Gasteiger partial charge in [0.25, 0.3) is 5.56 Å². The predicted molar refractivity (Wildman–Crippen MR) is 104 cm³/mol. The van der Waals surface area contributed by atoms with E-state index in [9.17, 15) is 14.4 Å². The molecule has 0 fully saturated rings. The lowest BCUT2D eigenvalue weighted by atomic mass is 10.2. The zero-order valence-corrected chi connectivity index (χ0v) is 15.7. The maximum Gasteiger partial charge on any atom is 0.262 e. The zero-order chi connectivity index (χ0) is 18.9. The Kier molecular flexibility index (Phi) is 7.53. The molecule has 0 saturated heterocycles. The van der Waals surface area contributed by atoms with Crippen molar-refractivity contribution in [2.75, 3.05) is 13.1 Å². The summed E-state index contributed by atoms with van der Waals surface area (Å²) in [5.41, 5.74) is 0.662. The molecular formula is C18H24N4O3S. The fraction of sp³-hybridized carbons (Fsp3) is 0.444. The van der Waals surface area contributed by atoms with E-state index >= 15 is 0 Å². The van der Waals surface area contributed by atoms with Crippen molar-refractivity contribution in [2.45, 2.75) is 39.2 Å². The van der Waals surface area contributed by atoms with Crippen molar-refractivity contribution < 1.29 is 9.59 Å². The highest BCUT2D eigenvalue weighted by atomic mass is 32.1. The van der Waals surface area contributed by atoms with Crippen molar-refractivity contribution in [3.63, 3.8) is 0 Å². The highest BCUT2D eigenvalue weighted by molar-refractivity contribution is 7.71. The second-order valence-electron chi connectivity index (χ2n) is 6.08. The smallest absolute Gasteiger partial charge is 0.262 e. The topological polar surface area (TPSA) is 96.0 Å². The maximum atomic E-state index is 12.5. The van der Waals surface area contributed by atoms with Crippen molar-refractivity contribution in [3.05, 3.63) is 39.4 Å². The van der Waals surface area contributed by atoms with Crippen LogP contribution >= 0.6 is 12.2 Å². The quantitative estimate of drug-likeness (QED) is 0.460. The molecule has 0 aliphatic carbocycles. The molecule has 0 spiro atoms. The lowest BCUT2D eigenvalue weighted by Crippen LogP contribution is -2.33. The van der Waals surface area contributed by atoms with Gasteiger partial charge < -0.3 is 15.6 Å². The van der Waals surface area contributed by atoms with Gasteiger partial charge in [-0.25, -0.2) is 0 Å². The van der Waals surface area contributed by atoms with Crippen molar-refractivity contribution >= 4 is 34.9 Å². The molecule has 0 unspecified atom stereocenters. The van der Waals surface area contributed by atoms with Crippen LogP contribution < -0.4 is 16.2 Å². The van der Waals surface area contributed by atoms with Gasteiger partial charge in [0.2, 0.25) is 11.8 Å². The number of aromatic amines is 1. The Morgan fingerprint density at radius 3 is 2.62 bits per heavy atom. The number of carbonyl (C=O) groups is 2. The number of hydrogen-bond donors (Lipinski definition) is 3. The number of nitrogens with zero attached hydrogens (tertiary/aromatic N) is 1. The van der Waals surface area contributed by atoms with Crippen LogP contribution in [0.15, 0.2) is 29.1 Å². The molecule has 2 aromatic rings. The molecule has 26 heavy (non-hydrogen) atoms. The SMILES string of the molecule is CC(=O)NCCNC(=O)CCCCCn1c(=S)[nH]c2ccccc2c1=O. The number of amides is 2. The molecule has 1 aromatic carbocycles. The molecule has 1 aromatic heterocycles. The van der Waals surface area contributed by atoms with Crippen LogP contribution in [0.2, 0.25) is 0 Å². The summed E-state index contributed by atoms with van der Waals surface area (Å²) in [6, 6.07) is 7.31. The van der Waals surface area contributed by atoms with Crippen molar-refractivity contribution in [2.24, 2.45) is 0 Å². The van der Waals surface area contributed by atoms with Gasteiger partial charge in [-0.2, -0.15) is 0 Å². The standard InChI is InChI=1S/C18H24N4O3S/c1-13(23)19-10-11-20-16(24)9-3-2-6-12-22-17(25)14-7-4-5-8-15(14)21-18(22)26/h4-5,7-8H,2-3,6,9-12H2,1H3,(H,19,23)(H,20,24)(H,21,26). The van der Waals surface area contributed by atoms with Crippen LogP contribution in [-0.2, 0) is 16.1 Å². The number of fused-ring (bicyclic) bond motifs is 1. The van der Waals surface area contributed by atoms with Crippen molar-refractivity contribution in [3.8, 4) is 0 Å². The first kappa shape index (κ1) is 19.8. The number of rotatable bonds is 9. The van der Waals surface area contributed by atoms with E-state index in [1.54, 1.807) is 10.6 Å². The van der Waals surface area contributed by atoms with E-state index in [-0.39, 0.29) is 17.4 Å². The second kappa shape index (κ2) is 9.86. The van der Waals surface area contributed by atoms with Gasteiger partial charge >= 0.3 is 0 Å². The van der Waals surface area contributed by atoms with Gasteiger partial charge in [-0.3, -0.25) is 19.0 Å². The van der Waals surface area contributed by atoms with E-state index in [0.29, 0.717) is 36.2 Å². The first-order valence-corrected chi connectivity index (χ1v) is 9.13. The molecule has 0 aliphatic rings. The summed E-state index contributed by atoms with van der Waals surface area (Å²) < 4.78 is 2.00. The lowest BCUT2D eigenvalue weighted by molar-refractivity contribution is -0.122. The van der Waals surface area contributed by atoms with Gasteiger partial charge in [0.05, 0.1) is 10.9 Å². The largest absolute Gasteiger partial charge is 0.355 e. The fourth-order valence-electron chi connectivity index (χ4n) is 2.66. The second-order valence-corrected chi connectivity index (χ2v) is 6.46. The minimum absolute atomic E-state index is 0.0319. The Labute approximate surface area is 156 Å². The Balaban J connectivity index is 1.74. The average molecular weight is 376 g/mol. The molecular weight excluding hydrogens is 352 g/mol. The monoisotopic (exact) mass is 376 g/mol. The summed E-state index contributed by atoms with van der Waals surface area (Å²) in [4.78, 5) is 38.0. The van der Waals surface area contributed by atoms with Crippen LogP contribution in [-0.4, -0.2) is 34.5 Å². The zero-order valence-electron chi connectivity index (χ0n) is 14.8. The number of nitrogens with one attached hydrogen (secondary N) is 3. The van der Waals surface area contributed by atoms with Crippen molar-refractivity contribution in [1.29, 1.82) is 0 Å². The maximum absolute atomic E-state index is 12.5. The number of hydrogen-bond acceptors (Lipinski definition) is 4. The van der Waals surface area contributed by atoms with E-state index in [2.05, 4.69) is 15.6 Å². The summed E-state index contributed by atoms with van der Waals surface area (Å²) in [6.45, 7) is 2.84. The van der Waals surface area contributed by atoms with E-state index in [0.717, 1.165) is 24.8 Å². The minimum Gasteiger partial charge on any atom is -0.355 e. The van der Waals surface area contributed by atoms with E-state index in [1.807, 2.05) is 18.2 Å². The van der Waals surface area contributed by atoms with Gasteiger partial charge in [0, 0.05) is 33.0 Å². The molecule has 3 N–H and O–H groups in total. The number of benzene rings is 1. The molecule has 2 amide bonds. The summed E-state index contributed by atoms with van der Waals surface area (Å²) >= 11 is 5.28. The summed E-state index contributed by atoms with van der Waals surface area (Å²) in [7, 11) is 0. The molecule has 0 atom stereocenters. The molecule has 1 heterocycles. The third-order valence-corrected chi connectivity index (χ3v) is 4.32. The number of H-pyrrole nitrogens is 1.